The van der Waals surface area contributed by atoms with Crippen LogP contribution in [0.15, 0.2) is 59.4 Å². The van der Waals surface area contributed by atoms with Crippen LogP contribution in [0.4, 0.5) is 0 Å². The van der Waals surface area contributed by atoms with Gasteiger partial charge in [-0.25, -0.2) is 4.98 Å². The van der Waals surface area contributed by atoms with Gasteiger partial charge in [0.25, 0.3) is 5.56 Å². The van der Waals surface area contributed by atoms with E-state index in [1.807, 2.05) is 44.2 Å². The average Bonchev–Trinajstić information content (AvgIpc) is 2.94. The molecular weight excluding hydrogens is 346 g/mol. The van der Waals surface area contributed by atoms with E-state index in [1.165, 1.54) is 11.1 Å². The quantitative estimate of drug-likeness (QED) is 0.521. The predicted octanol–water partition coefficient (Wildman–Crippen LogP) is 4.72. The summed E-state index contributed by atoms with van der Waals surface area (Å²) >= 11 is 0. The van der Waals surface area contributed by atoms with Crippen molar-refractivity contribution in [1.29, 1.82) is 0 Å². The van der Waals surface area contributed by atoms with Crippen LogP contribution in [0.3, 0.4) is 0 Å². The predicted molar refractivity (Wildman–Crippen MR) is 114 cm³/mol. The maximum absolute atomic E-state index is 13.5. The number of nitrogens with zero attached hydrogens (tertiary/aromatic N) is 3. The summed E-state index contributed by atoms with van der Waals surface area (Å²) in [6, 6.07) is 18.4. The third-order valence-electron chi connectivity index (χ3n) is 5.60. The van der Waals surface area contributed by atoms with Gasteiger partial charge >= 0.3 is 0 Å². The molecule has 4 nitrogen and oxygen atoms in total. The molecule has 0 saturated carbocycles. The van der Waals surface area contributed by atoms with Crippen LogP contribution in [0.2, 0.25) is 0 Å². The van der Waals surface area contributed by atoms with Gasteiger partial charge in [-0.1, -0.05) is 49.4 Å². The van der Waals surface area contributed by atoms with Crippen LogP contribution in [0.5, 0.6) is 0 Å². The van der Waals surface area contributed by atoms with Crippen LogP contribution in [-0.2, 0) is 13.0 Å². The summed E-state index contributed by atoms with van der Waals surface area (Å²) in [5, 5.41) is 0.707. The first-order chi connectivity index (χ1) is 13.5. The molecular formula is C24H25N3O. The lowest BCUT2D eigenvalue weighted by Gasteiger charge is -2.12. The van der Waals surface area contributed by atoms with Crippen LogP contribution in [0, 0.1) is 20.8 Å². The summed E-state index contributed by atoms with van der Waals surface area (Å²) in [6.45, 7) is 8.82. The topological polar surface area (TPSA) is 39.8 Å². The third kappa shape index (κ3) is 2.95. The lowest BCUT2D eigenvalue weighted by atomic mass is 10.1. The summed E-state index contributed by atoms with van der Waals surface area (Å²) in [5.41, 5.74) is 6.17. The van der Waals surface area contributed by atoms with E-state index >= 15 is 0 Å². The normalized spacial score (nSPS) is 11.3. The van der Waals surface area contributed by atoms with Crippen LogP contribution in [0.1, 0.15) is 35.1 Å². The van der Waals surface area contributed by atoms with Crippen LogP contribution in [-0.4, -0.2) is 14.1 Å². The van der Waals surface area contributed by atoms with Crippen LogP contribution >= 0.6 is 0 Å². The van der Waals surface area contributed by atoms with E-state index in [9.17, 15) is 4.79 Å². The molecule has 4 aromatic rings. The highest BCUT2D eigenvalue weighted by Gasteiger charge is 2.19. The van der Waals surface area contributed by atoms with Crippen molar-refractivity contribution in [2.75, 3.05) is 0 Å². The highest BCUT2D eigenvalue weighted by Crippen LogP contribution is 2.23. The molecule has 0 aliphatic carbocycles. The van der Waals surface area contributed by atoms with Crippen molar-refractivity contribution >= 4 is 11.0 Å². The van der Waals surface area contributed by atoms with Gasteiger partial charge < -0.3 is 4.57 Å². The Labute approximate surface area is 165 Å². The standard InChI is InChI=1S/C24H25N3O/c1-5-19-11-13-21(14-12-19)27-18(4)25-23-22(24(27)28)16(2)17(3)26(23)15-20-9-7-6-8-10-20/h6-14H,5,15H2,1-4H3. The van der Waals surface area contributed by atoms with Crippen molar-refractivity contribution in [2.24, 2.45) is 0 Å². The zero-order valence-corrected chi connectivity index (χ0v) is 16.9. The second-order valence-corrected chi connectivity index (χ2v) is 7.30. The average molecular weight is 371 g/mol. The zero-order valence-electron chi connectivity index (χ0n) is 16.9. The molecule has 0 N–H and O–H groups in total. The molecule has 0 aliphatic rings. The molecule has 142 valence electrons. The first-order valence-corrected chi connectivity index (χ1v) is 9.73. The number of hydrogen-bond acceptors (Lipinski definition) is 2. The van der Waals surface area contributed by atoms with Crippen molar-refractivity contribution in [1.82, 2.24) is 14.1 Å². The lowest BCUT2D eigenvalue weighted by Crippen LogP contribution is -2.22. The molecule has 0 aliphatic heterocycles. The molecule has 2 heterocycles. The van der Waals surface area contributed by atoms with Gasteiger partial charge in [0.1, 0.15) is 11.5 Å². The highest BCUT2D eigenvalue weighted by atomic mass is 16.1. The molecule has 0 atom stereocenters. The second-order valence-electron chi connectivity index (χ2n) is 7.30. The van der Waals surface area contributed by atoms with Crippen molar-refractivity contribution in [3.63, 3.8) is 0 Å². The summed E-state index contributed by atoms with van der Waals surface area (Å²) in [6.07, 6.45) is 0.978. The summed E-state index contributed by atoms with van der Waals surface area (Å²) in [4.78, 5) is 18.3. The molecule has 0 fully saturated rings. The minimum atomic E-state index is -0.000778. The Morgan fingerprint density at radius 3 is 2.21 bits per heavy atom. The van der Waals surface area contributed by atoms with Crippen molar-refractivity contribution < 1.29 is 0 Å². The zero-order chi connectivity index (χ0) is 19.8. The van der Waals surface area contributed by atoms with Gasteiger partial charge in [-0.05, 0) is 56.0 Å². The largest absolute Gasteiger partial charge is 0.325 e. The van der Waals surface area contributed by atoms with E-state index in [4.69, 9.17) is 4.98 Å². The lowest BCUT2D eigenvalue weighted by molar-refractivity contribution is 0.781. The number of aromatic nitrogens is 3. The molecule has 2 aromatic heterocycles. The third-order valence-corrected chi connectivity index (χ3v) is 5.60. The summed E-state index contributed by atoms with van der Waals surface area (Å²) in [5.74, 6) is 0.702. The van der Waals surface area contributed by atoms with E-state index in [0.717, 1.165) is 29.0 Å². The molecule has 0 bridgehead atoms. The molecule has 4 rings (SSSR count). The molecule has 0 amide bonds. The number of fused-ring (bicyclic) bond motifs is 1. The van der Waals surface area contributed by atoms with Crippen LogP contribution in [0.25, 0.3) is 16.7 Å². The Morgan fingerprint density at radius 2 is 1.57 bits per heavy atom. The van der Waals surface area contributed by atoms with E-state index in [0.29, 0.717) is 17.8 Å². The first-order valence-electron chi connectivity index (χ1n) is 9.73. The number of benzene rings is 2. The van der Waals surface area contributed by atoms with Gasteiger partial charge in [-0.2, -0.15) is 0 Å². The molecule has 0 unspecified atom stereocenters. The SMILES string of the molecule is CCc1ccc(-n2c(C)nc3c(c(C)c(C)n3Cc3ccccc3)c2=O)cc1. The van der Waals surface area contributed by atoms with Gasteiger partial charge in [-0.15, -0.1) is 0 Å². The first kappa shape index (κ1) is 18.2. The molecule has 4 heteroatoms. The molecule has 0 radical (unpaired) electrons. The summed E-state index contributed by atoms with van der Waals surface area (Å²) < 4.78 is 3.87. The maximum atomic E-state index is 13.5. The summed E-state index contributed by atoms with van der Waals surface area (Å²) in [7, 11) is 0. The van der Waals surface area contributed by atoms with Crippen molar-refractivity contribution in [3.8, 4) is 5.69 Å². The van der Waals surface area contributed by atoms with E-state index in [-0.39, 0.29) is 5.56 Å². The van der Waals surface area contributed by atoms with Gasteiger partial charge in [0.15, 0.2) is 0 Å². The smallest absolute Gasteiger partial charge is 0.267 e. The Hall–Kier alpha value is -3.14. The van der Waals surface area contributed by atoms with Crippen LogP contribution < -0.4 is 5.56 Å². The number of hydrogen-bond donors (Lipinski definition) is 0. The Kier molecular flexibility index (Phi) is 4.63. The Bertz CT molecular complexity index is 1200. The minimum Gasteiger partial charge on any atom is -0.325 e. The van der Waals surface area contributed by atoms with E-state index in [2.05, 4.69) is 42.7 Å². The highest BCUT2D eigenvalue weighted by molar-refractivity contribution is 5.81. The fourth-order valence-electron chi connectivity index (χ4n) is 3.82. The van der Waals surface area contributed by atoms with Gasteiger partial charge in [0.2, 0.25) is 0 Å². The second kappa shape index (κ2) is 7.12. The molecule has 2 aromatic carbocycles. The monoisotopic (exact) mass is 371 g/mol. The van der Waals surface area contributed by atoms with Gasteiger partial charge in [0.05, 0.1) is 11.1 Å². The fraction of sp³-hybridized carbons (Fsp3) is 0.250. The van der Waals surface area contributed by atoms with Gasteiger partial charge in [0, 0.05) is 12.2 Å². The minimum absolute atomic E-state index is 0.000778. The Morgan fingerprint density at radius 1 is 0.893 bits per heavy atom. The van der Waals surface area contributed by atoms with E-state index in [1.54, 1.807) is 4.57 Å². The molecule has 28 heavy (non-hydrogen) atoms. The van der Waals surface area contributed by atoms with E-state index < -0.39 is 0 Å². The van der Waals surface area contributed by atoms with Crippen molar-refractivity contribution in [3.05, 3.63) is 93.2 Å². The van der Waals surface area contributed by atoms with Crippen molar-refractivity contribution in [2.45, 2.75) is 40.7 Å². The Balaban J connectivity index is 1.92. The fourth-order valence-corrected chi connectivity index (χ4v) is 3.82. The number of rotatable bonds is 4. The maximum Gasteiger partial charge on any atom is 0.267 e. The molecule has 0 saturated heterocycles. The van der Waals surface area contributed by atoms with Gasteiger partial charge in [-0.3, -0.25) is 9.36 Å². The number of aryl methyl sites for hydroxylation is 3. The molecule has 0 spiro atoms.